The lowest BCUT2D eigenvalue weighted by molar-refractivity contribution is 0.578. The maximum Gasteiger partial charge on any atom is 0.0367 e. The number of rotatable bonds is 5. The molecule has 0 radical (unpaired) electrons. The highest BCUT2D eigenvalue weighted by atomic mass is 15.1. The van der Waals surface area contributed by atoms with Crippen LogP contribution in [0.5, 0.6) is 0 Å². The fraction of sp³-hybridized carbons (Fsp3) is 0.389. The molecule has 3 rings (SSSR count). The first-order valence-corrected chi connectivity index (χ1v) is 7.89. The number of hydrogen-bond donors (Lipinski definition) is 1. The molecule has 0 aliphatic carbocycles. The molecule has 1 aromatic heterocycles. The van der Waals surface area contributed by atoms with Gasteiger partial charge in [0.25, 0.3) is 0 Å². The molecule has 21 heavy (non-hydrogen) atoms. The molecule has 0 atom stereocenters. The van der Waals surface area contributed by atoms with Gasteiger partial charge in [-0.2, -0.15) is 0 Å². The standard InChI is InChI=1S/C18H23N3/c1-2-13-21(14-3-1)18-8-6-17(7-9-18)20-12-10-16-5-4-11-19-15-16/h4-9,11,15,20H,1-3,10,12-14H2. The molecule has 1 saturated heterocycles. The quantitative estimate of drug-likeness (QED) is 0.905. The van der Waals surface area contributed by atoms with Gasteiger partial charge in [0.1, 0.15) is 0 Å². The van der Waals surface area contributed by atoms with Crippen LogP contribution in [0.4, 0.5) is 11.4 Å². The topological polar surface area (TPSA) is 28.2 Å². The van der Waals surface area contributed by atoms with E-state index in [1.165, 1.54) is 49.3 Å². The molecule has 1 fully saturated rings. The van der Waals surface area contributed by atoms with E-state index in [1.54, 1.807) is 0 Å². The van der Waals surface area contributed by atoms with Gasteiger partial charge in [-0.3, -0.25) is 4.98 Å². The van der Waals surface area contributed by atoms with Crippen LogP contribution in [0.2, 0.25) is 0 Å². The minimum atomic E-state index is 0.939. The molecule has 3 heteroatoms. The van der Waals surface area contributed by atoms with Crippen molar-refractivity contribution < 1.29 is 0 Å². The van der Waals surface area contributed by atoms with E-state index in [2.05, 4.69) is 45.5 Å². The van der Waals surface area contributed by atoms with Crippen LogP contribution in [0.15, 0.2) is 48.8 Å². The summed E-state index contributed by atoms with van der Waals surface area (Å²) in [5.74, 6) is 0. The highest BCUT2D eigenvalue weighted by molar-refractivity contribution is 5.55. The SMILES string of the molecule is c1cncc(CCNc2ccc(N3CCCCC3)cc2)c1. The van der Waals surface area contributed by atoms with Gasteiger partial charge in [-0.25, -0.2) is 0 Å². The van der Waals surface area contributed by atoms with Crippen molar-refractivity contribution in [2.45, 2.75) is 25.7 Å². The van der Waals surface area contributed by atoms with E-state index in [-0.39, 0.29) is 0 Å². The van der Waals surface area contributed by atoms with Gasteiger partial charge < -0.3 is 10.2 Å². The molecule has 2 heterocycles. The van der Waals surface area contributed by atoms with Gasteiger partial charge in [0.05, 0.1) is 0 Å². The minimum absolute atomic E-state index is 0.939. The van der Waals surface area contributed by atoms with Crippen molar-refractivity contribution in [3.05, 3.63) is 54.4 Å². The largest absolute Gasteiger partial charge is 0.385 e. The van der Waals surface area contributed by atoms with Crippen LogP contribution < -0.4 is 10.2 Å². The first-order chi connectivity index (χ1) is 10.4. The van der Waals surface area contributed by atoms with E-state index in [4.69, 9.17) is 0 Å². The number of aromatic nitrogens is 1. The predicted molar refractivity (Wildman–Crippen MR) is 88.9 cm³/mol. The van der Waals surface area contributed by atoms with Crippen LogP contribution in [-0.2, 0) is 6.42 Å². The van der Waals surface area contributed by atoms with E-state index in [9.17, 15) is 0 Å². The molecule has 0 amide bonds. The zero-order chi connectivity index (χ0) is 14.3. The average molecular weight is 281 g/mol. The normalized spacial score (nSPS) is 15.0. The summed E-state index contributed by atoms with van der Waals surface area (Å²) >= 11 is 0. The van der Waals surface area contributed by atoms with Gasteiger partial charge in [0, 0.05) is 43.4 Å². The Kier molecular flexibility index (Phi) is 4.72. The molecule has 3 nitrogen and oxygen atoms in total. The van der Waals surface area contributed by atoms with Gasteiger partial charge >= 0.3 is 0 Å². The van der Waals surface area contributed by atoms with Crippen molar-refractivity contribution in [2.75, 3.05) is 29.9 Å². The number of pyridine rings is 1. The third kappa shape index (κ3) is 3.97. The van der Waals surface area contributed by atoms with Crippen LogP contribution in [0.3, 0.4) is 0 Å². The lowest BCUT2D eigenvalue weighted by Crippen LogP contribution is -2.29. The van der Waals surface area contributed by atoms with Gasteiger partial charge in [-0.15, -0.1) is 0 Å². The van der Waals surface area contributed by atoms with Crippen LogP contribution in [0.25, 0.3) is 0 Å². The minimum Gasteiger partial charge on any atom is -0.385 e. The molecular formula is C18H23N3. The van der Waals surface area contributed by atoms with E-state index in [0.717, 1.165) is 13.0 Å². The van der Waals surface area contributed by atoms with Crippen molar-refractivity contribution in [2.24, 2.45) is 0 Å². The summed E-state index contributed by atoms with van der Waals surface area (Å²) in [6.45, 7) is 3.34. The Labute approximate surface area is 127 Å². The average Bonchev–Trinajstić information content (AvgIpc) is 2.57. The Morgan fingerprint density at radius 2 is 1.81 bits per heavy atom. The summed E-state index contributed by atoms with van der Waals surface area (Å²) in [6, 6.07) is 13.0. The number of nitrogens with zero attached hydrogens (tertiary/aromatic N) is 2. The summed E-state index contributed by atoms with van der Waals surface area (Å²) in [5.41, 5.74) is 3.82. The zero-order valence-corrected chi connectivity index (χ0v) is 12.5. The summed E-state index contributed by atoms with van der Waals surface area (Å²) in [5, 5.41) is 3.48. The molecule has 0 unspecified atom stereocenters. The maximum absolute atomic E-state index is 4.14. The Morgan fingerprint density at radius 1 is 1.00 bits per heavy atom. The fourth-order valence-corrected chi connectivity index (χ4v) is 2.84. The molecule has 1 aliphatic rings. The van der Waals surface area contributed by atoms with E-state index >= 15 is 0 Å². The molecule has 110 valence electrons. The van der Waals surface area contributed by atoms with Gasteiger partial charge in [-0.05, 0) is 61.6 Å². The first-order valence-electron chi connectivity index (χ1n) is 7.89. The molecule has 1 aromatic carbocycles. The Balaban J connectivity index is 1.50. The van der Waals surface area contributed by atoms with E-state index in [1.807, 2.05) is 18.5 Å². The van der Waals surface area contributed by atoms with Crippen molar-refractivity contribution in [3.63, 3.8) is 0 Å². The Morgan fingerprint density at radius 3 is 2.52 bits per heavy atom. The number of piperidine rings is 1. The second-order valence-electron chi connectivity index (χ2n) is 5.63. The summed E-state index contributed by atoms with van der Waals surface area (Å²) in [7, 11) is 0. The van der Waals surface area contributed by atoms with Crippen molar-refractivity contribution in [3.8, 4) is 0 Å². The molecule has 0 saturated carbocycles. The highest BCUT2D eigenvalue weighted by Crippen LogP contribution is 2.21. The number of benzene rings is 1. The number of anilines is 2. The zero-order valence-electron chi connectivity index (χ0n) is 12.5. The van der Waals surface area contributed by atoms with Crippen LogP contribution in [-0.4, -0.2) is 24.6 Å². The summed E-state index contributed by atoms with van der Waals surface area (Å²) < 4.78 is 0. The third-order valence-electron chi connectivity index (χ3n) is 4.05. The Bertz CT molecular complexity index is 530. The first kappa shape index (κ1) is 13.9. The lowest BCUT2D eigenvalue weighted by Gasteiger charge is -2.28. The van der Waals surface area contributed by atoms with Gasteiger partial charge in [0.2, 0.25) is 0 Å². The summed E-state index contributed by atoms with van der Waals surface area (Å²) in [6.07, 6.45) is 8.78. The number of hydrogen-bond acceptors (Lipinski definition) is 3. The predicted octanol–water partition coefficient (Wildman–Crippen LogP) is 3.73. The number of nitrogens with one attached hydrogen (secondary N) is 1. The van der Waals surface area contributed by atoms with Gasteiger partial charge in [0.15, 0.2) is 0 Å². The van der Waals surface area contributed by atoms with Crippen LogP contribution in [0.1, 0.15) is 24.8 Å². The van der Waals surface area contributed by atoms with Crippen LogP contribution >= 0.6 is 0 Å². The second-order valence-corrected chi connectivity index (χ2v) is 5.63. The van der Waals surface area contributed by atoms with Crippen LogP contribution in [0, 0.1) is 0 Å². The fourth-order valence-electron chi connectivity index (χ4n) is 2.84. The molecule has 1 aliphatic heterocycles. The maximum atomic E-state index is 4.14. The molecular weight excluding hydrogens is 258 g/mol. The van der Waals surface area contributed by atoms with E-state index < -0.39 is 0 Å². The lowest BCUT2D eigenvalue weighted by atomic mass is 10.1. The van der Waals surface area contributed by atoms with E-state index in [0.29, 0.717) is 0 Å². The van der Waals surface area contributed by atoms with Crippen molar-refractivity contribution >= 4 is 11.4 Å². The smallest absolute Gasteiger partial charge is 0.0367 e. The van der Waals surface area contributed by atoms with Gasteiger partial charge in [-0.1, -0.05) is 6.07 Å². The molecule has 0 spiro atoms. The van der Waals surface area contributed by atoms with Crippen molar-refractivity contribution in [1.29, 1.82) is 0 Å². The summed E-state index contributed by atoms with van der Waals surface area (Å²) in [4.78, 5) is 6.63. The highest BCUT2D eigenvalue weighted by Gasteiger charge is 2.10. The third-order valence-corrected chi connectivity index (χ3v) is 4.05. The monoisotopic (exact) mass is 281 g/mol. The molecule has 2 aromatic rings. The molecule has 1 N–H and O–H groups in total. The van der Waals surface area contributed by atoms with Crippen molar-refractivity contribution in [1.82, 2.24) is 4.98 Å². The molecule has 0 bridgehead atoms. The second kappa shape index (κ2) is 7.11. The Hall–Kier alpha value is -2.03.